The van der Waals surface area contributed by atoms with Crippen molar-refractivity contribution >= 4 is 65.1 Å². The van der Waals surface area contributed by atoms with E-state index >= 15 is 0 Å². The Morgan fingerprint density at radius 2 is 1.17 bits per heavy atom. The van der Waals surface area contributed by atoms with Crippen molar-refractivity contribution in [2.75, 3.05) is 19.8 Å². The number of nitrogens with two attached hydrogens (primary N) is 2. The van der Waals surface area contributed by atoms with Crippen LogP contribution < -0.4 is 54.0 Å². The SMILES string of the molecule is CC(=O)NC1C(OC2C(CO)OC(O)C(NC(C)=O)C2OC(C)C(=O)NC(C)C(=O)NC(CCC(=O)NC(CCCCNC(=O)CC(N)C(=O)O)C(=O)NC(C)C(=O)NC(C)C(=O)O)C(N)=O)OC(CO)C(O)C1O. The summed E-state index contributed by atoms with van der Waals surface area (Å²) in [7, 11) is 0. The average Bonchev–Trinajstić information content (AvgIpc) is 3.32. The number of amides is 9. The second-order valence-electron chi connectivity index (χ2n) is 17.9. The molecule has 32 nitrogen and oxygen atoms in total. The molecule has 17 atom stereocenters. The highest BCUT2D eigenvalue weighted by Gasteiger charge is 2.53. The maximum Gasteiger partial charge on any atom is 0.325 e. The fourth-order valence-electron chi connectivity index (χ4n) is 7.45. The van der Waals surface area contributed by atoms with Gasteiger partial charge in [-0.1, -0.05) is 0 Å². The van der Waals surface area contributed by atoms with Crippen LogP contribution >= 0.6 is 0 Å². The molecule has 2 fully saturated rings. The number of hydrogen-bond donors (Lipinski definition) is 17. The Morgan fingerprint density at radius 3 is 1.72 bits per heavy atom. The number of aliphatic hydroxyl groups excluding tert-OH is 5. The number of carboxylic acids is 2. The lowest BCUT2D eigenvalue weighted by atomic mass is 9.94. The topological polar surface area (TPSA) is 515 Å². The van der Waals surface area contributed by atoms with E-state index in [4.69, 9.17) is 40.6 Å². The Bertz CT molecular complexity index is 2020. The van der Waals surface area contributed by atoms with E-state index in [1.807, 2.05) is 0 Å². The summed E-state index contributed by atoms with van der Waals surface area (Å²) >= 11 is 0. The van der Waals surface area contributed by atoms with Gasteiger partial charge < -0.3 is 109 Å². The summed E-state index contributed by atoms with van der Waals surface area (Å²) in [6, 6.07) is -11.5. The number of rotatable bonds is 30. The van der Waals surface area contributed by atoms with Crippen LogP contribution in [-0.4, -0.2) is 224 Å². The van der Waals surface area contributed by atoms with Crippen molar-refractivity contribution in [3.8, 4) is 0 Å². The zero-order valence-corrected chi connectivity index (χ0v) is 42.1. The van der Waals surface area contributed by atoms with Crippen LogP contribution in [0, 0.1) is 0 Å². The number of carbonyl (C=O) groups is 11. The molecule has 0 radical (unpaired) electrons. The van der Waals surface area contributed by atoms with Crippen molar-refractivity contribution in [1.29, 1.82) is 0 Å². The predicted molar refractivity (Wildman–Crippen MR) is 250 cm³/mol. The molecule has 2 saturated heterocycles. The van der Waals surface area contributed by atoms with Gasteiger partial charge in [-0.15, -0.1) is 0 Å². The van der Waals surface area contributed by atoms with Gasteiger partial charge in [0.1, 0.15) is 91.1 Å². The van der Waals surface area contributed by atoms with Crippen LogP contribution in [0.15, 0.2) is 0 Å². The Kier molecular flexibility index (Phi) is 26.8. The van der Waals surface area contributed by atoms with E-state index in [2.05, 4.69) is 42.5 Å². The number of carbonyl (C=O) groups excluding carboxylic acids is 9. The van der Waals surface area contributed by atoms with Gasteiger partial charge in [0.2, 0.25) is 53.2 Å². The van der Waals surface area contributed by atoms with Crippen molar-refractivity contribution in [1.82, 2.24) is 42.5 Å². The van der Waals surface area contributed by atoms with Crippen LogP contribution in [0.3, 0.4) is 0 Å². The Balaban J connectivity index is 2.20. The summed E-state index contributed by atoms with van der Waals surface area (Å²) in [6.07, 6.45) is -16.2. The number of aliphatic carboxylic acids is 2. The minimum absolute atomic E-state index is 0.0228. The van der Waals surface area contributed by atoms with Crippen molar-refractivity contribution in [2.45, 2.75) is 184 Å². The van der Waals surface area contributed by atoms with Crippen LogP contribution in [0.5, 0.6) is 0 Å². The van der Waals surface area contributed by atoms with E-state index in [9.17, 15) is 78.3 Å². The first-order valence-electron chi connectivity index (χ1n) is 23.7. The summed E-state index contributed by atoms with van der Waals surface area (Å²) in [5.74, 6) is -10.6. The van der Waals surface area contributed by atoms with Crippen molar-refractivity contribution < 1.29 is 107 Å². The van der Waals surface area contributed by atoms with E-state index in [1.165, 1.54) is 27.7 Å². The van der Waals surface area contributed by atoms with Crippen LogP contribution in [-0.2, 0) is 71.7 Å². The van der Waals surface area contributed by atoms with Gasteiger partial charge in [-0.2, -0.15) is 0 Å². The third-order valence-electron chi connectivity index (χ3n) is 11.7. The van der Waals surface area contributed by atoms with E-state index in [-0.39, 0.29) is 25.8 Å². The van der Waals surface area contributed by atoms with Gasteiger partial charge in [0.15, 0.2) is 12.6 Å². The molecule has 0 aromatic heterocycles. The van der Waals surface area contributed by atoms with Gasteiger partial charge in [-0.25, -0.2) is 0 Å². The normalized spacial score (nSPS) is 26.2. The minimum Gasteiger partial charge on any atom is -0.480 e. The zero-order valence-electron chi connectivity index (χ0n) is 42.1. The van der Waals surface area contributed by atoms with E-state index < -0.39 is 201 Å². The van der Waals surface area contributed by atoms with E-state index in [0.717, 1.165) is 13.8 Å². The van der Waals surface area contributed by atoms with Crippen LogP contribution in [0.2, 0.25) is 0 Å². The monoisotopic (exact) mass is 1080 g/mol. The highest BCUT2D eigenvalue weighted by molar-refractivity contribution is 5.94. The van der Waals surface area contributed by atoms with Crippen LogP contribution in [0.1, 0.15) is 80.1 Å². The molecular formula is C43H72N10O22. The van der Waals surface area contributed by atoms with E-state index in [1.54, 1.807) is 0 Å². The third kappa shape index (κ3) is 20.8. The quantitative estimate of drug-likeness (QED) is 0.0297. The fourth-order valence-corrected chi connectivity index (χ4v) is 7.45. The van der Waals surface area contributed by atoms with Gasteiger partial charge in [0.05, 0.1) is 19.6 Å². The number of ether oxygens (including phenoxy) is 4. The van der Waals surface area contributed by atoms with Gasteiger partial charge in [-0.05, 0) is 53.4 Å². The highest BCUT2D eigenvalue weighted by atomic mass is 16.7. The first-order valence-corrected chi connectivity index (χ1v) is 23.7. The maximum atomic E-state index is 13.6. The van der Waals surface area contributed by atoms with Gasteiger partial charge in [0.25, 0.3) is 0 Å². The lowest BCUT2D eigenvalue weighted by Gasteiger charge is -2.48. The van der Waals surface area contributed by atoms with Gasteiger partial charge in [0, 0.05) is 26.8 Å². The summed E-state index contributed by atoms with van der Waals surface area (Å²) in [4.78, 5) is 137. The lowest BCUT2D eigenvalue weighted by molar-refractivity contribution is -0.333. The lowest BCUT2D eigenvalue weighted by Crippen LogP contribution is -2.70. The third-order valence-corrected chi connectivity index (χ3v) is 11.7. The molecule has 2 heterocycles. The number of primary amides is 1. The Hall–Kier alpha value is -6.23. The smallest absolute Gasteiger partial charge is 0.325 e. The first kappa shape index (κ1) is 64.9. The molecule has 19 N–H and O–H groups in total. The number of carboxylic acid groups (broad SMARTS) is 2. The second kappa shape index (κ2) is 31.0. The molecule has 2 aliphatic heterocycles. The predicted octanol–water partition coefficient (Wildman–Crippen LogP) is -8.77. The molecule has 17 unspecified atom stereocenters. The molecular weight excluding hydrogens is 1010 g/mol. The van der Waals surface area contributed by atoms with Crippen LogP contribution in [0.4, 0.5) is 0 Å². The molecule has 0 spiro atoms. The van der Waals surface area contributed by atoms with Crippen LogP contribution in [0.25, 0.3) is 0 Å². The zero-order chi connectivity index (χ0) is 57.0. The standard InChI is InChI=1S/C43H72N10O22/c1-16(36(63)49-18(3)40(67)68)48-39(66)24(9-7-8-12-46-28(59)13-22(44)41(69)70)52-27(58)11-10-23(35(45)62)53-37(64)17(2)47-38(65)19(4)72-34-30(51-21(6)57)42(71)73-26(15-55)33(34)75-43-29(50-20(5)56)32(61)31(60)25(14-54)74-43/h16-19,22-26,29-34,42-43,54-55,60-61,71H,7-15,44H2,1-6H3,(H2,45,62)(H,46,59)(H,47,65)(H,48,66)(H,49,63)(H,50,56)(H,51,57)(H,52,58)(H,53,64)(H,67,68)(H,69,70). The summed E-state index contributed by atoms with van der Waals surface area (Å²) in [6.45, 7) is 5.26. The fraction of sp³-hybridized carbons (Fsp3) is 0.744. The van der Waals surface area contributed by atoms with E-state index in [0.29, 0.717) is 0 Å². The number of hydrogen-bond acceptors (Lipinski definition) is 21. The molecule has 9 amide bonds. The molecule has 0 bridgehead atoms. The summed E-state index contributed by atoms with van der Waals surface area (Å²) < 4.78 is 23.2. The Morgan fingerprint density at radius 1 is 0.613 bits per heavy atom. The van der Waals surface area contributed by atoms with Crippen molar-refractivity contribution in [2.24, 2.45) is 11.5 Å². The molecule has 0 saturated carbocycles. The number of nitrogens with one attached hydrogen (secondary N) is 8. The molecule has 426 valence electrons. The molecule has 0 aliphatic carbocycles. The molecule has 32 heteroatoms. The van der Waals surface area contributed by atoms with Gasteiger partial charge >= 0.3 is 11.9 Å². The number of aliphatic hydroxyl groups is 5. The average molecular weight is 1080 g/mol. The van der Waals surface area contributed by atoms with Crippen molar-refractivity contribution in [3.63, 3.8) is 0 Å². The summed E-state index contributed by atoms with van der Waals surface area (Å²) in [5.41, 5.74) is 10.9. The van der Waals surface area contributed by atoms with Crippen molar-refractivity contribution in [3.05, 3.63) is 0 Å². The maximum absolute atomic E-state index is 13.6. The largest absolute Gasteiger partial charge is 0.480 e. The molecule has 0 aromatic rings. The molecule has 0 aromatic carbocycles. The number of unbranched alkanes of at least 4 members (excludes halogenated alkanes) is 1. The highest BCUT2D eigenvalue weighted by Crippen LogP contribution is 2.31. The summed E-state index contributed by atoms with van der Waals surface area (Å²) in [5, 5.41) is 89.3. The first-order chi connectivity index (χ1) is 35.0. The van der Waals surface area contributed by atoms with Gasteiger partial charge in [-0.3, -0.25) is 52.7 Å². The second-order valence-corrected chi connectivity index (χ2v) is 17.9. The molecule has 75 heavy (non-hydrogen) atoms. The molecule has 2 rings (SSSR count). The molecule has 2 aliphatic rings. The minimum atomic E-state index is -1.91. The Labute approximate surface area is 429 Å².